The lowest BCUT2D eigenvalue weighted by molar-refractivity contribution is 0.631. The summed E-state index contributed by atoms with van der Waals surface area (Å²) < 4.78 is 14.3. The number of thiocarbonyl (C=S) groups is 1. The van der Waals surface area contributed by atoms with E-state index in [1.165, 1.54) is 6.07 Å². The maximum Gasteiger partial charge on any atom is 0.170 e. The predicted octanol–water partition coefficient (Wildman–Crippen LogP) is 5.32. The minimum Gasteiger partial charge on any atom is -0.362 e. The van der Waals surface area contributed by atoms with Crippen LogP contribution >= 0.6 is 51.5 Å². The van der Waals surface area contributed by atoms with Gasteiger partial charge in [0.1, 0.15) is 5.82 Å². The molecule has 0 aliphatic rings. The zero-order chi connectivity index (χ0) is 15.9. The molecule has 0 heterocycles. The monoisotopic (exact) mass is 418 g/mol. The quantitative estimate of drug-likeness (QED) is 0.389. The lowest BCUT2D eigenvalue weighted by Crippen LogP contribution is -2.30. The molecule has 0 saturated carbocycles. The van der Waals surface area contributed by atoms with E-state index in [0.717, 1.165) is 15.7 Å². The molecule has 0 unspecified atom stereocenters. The molecule has 0 aromatic heterocycles. The van der Waals surface area contributed by atoms with Gasteiger partial charge in [-0.2, -0.15) is 0 Å². The Hall–Kier alpha value is -0.820. The van der Waals surface area contributed by atoms with Crippen LogP contribution in [0, 0.1) is 5.82 Å². The summed E-state index contributed by atoms with van der Waals surface area (Å²) in [7, 11) is 0. The standard InChI is InChI=1S/C15H13BrClFN2S2/c16-10-1-6-14(13(18)9-10)20-15(21)19-7-8-22-12-4-2-11(17)3-5-12/h1-6,9H,7-8H2,(H2,19,20,21). The third-order valence-electron chi connectivity index (χ3n) is 2.65. The Kier molecular flexibility index (Phi) is 6.95. The second kappa shape index (κ2) is 8.72. The highest BCUT2D eigenvalue weighted by Crippen LogP contribution is 2.20. The number of halogens is 3. The van der Waals surface area contributed by atoms with Crippen LogP contribution in [0.5, 0.6) is 0 Å². The molecule has 0 atom stereocenters. The van der Waals surface area contributed by atoms with E-state index >= 15 is 0 Å². The van der Waals surface area contributed by atoms with Gasteiger partial charge in [0, 0.05) is 26.7 Å². The Morgan fingerprint density at radius 2 is 1.95 bits per heavy atom. The molecule has 2 aromatic rings. The van der Waals surface area contributed by atoms with Gasteiger partial charge in [-0.05, 0) is 54.7 Å². The van der Waals surface area contributed by atoms with Gasteiger partial charge >= 0.3 is 0 Å². The van der Waals surface area contributed by atoms with E-state index in [9.17, 15) is 4.39 Å². The van der Waals surface area contributed by atoms with Crippen LogP contribution in [-0.2, 0) is 0 Å². The van der Waals surface area contributed by atoms with Crippen LogP contribution in [0.3, 0.4) is 0 Å². The average Bonchev–Trinajstić information content (AvgIpc) is 2.48. The highest BCUT2D eigenvalue weighted by molar-refractivity contribution is 9.10. The van der Waals surface area contributed by atoms with Crippen molar-refractivity contribution >= 4 is 62.3 Å². The SMILES string of the molecule is Fc1cc(Br)ccc1NC(=S)NCCSc1ccc(Cl)cc1. The molecule has 0 aliphatic heterocycles. The first-order valence-electron chi connectivity index (χ1n) is 6.43. The molecule has 116 valence electrons. The van der Waals surface area contributed by atoms with Crippen molar-refractivity contribution in [3.8, 4) is 0 Å². The Morgan fingerprint density at radius 1 is 1.23 bits per heavy atom. The van der Waals surface area contributed by atoms with E-state index in [4.69, 9.17) is 23.8 Å². The summed E-state index contributed by atoms with van der Waals surface area (Å²) in [6, 6.07) is 12.4. The van der Waals surface area contributed by atoms with Gasteiger partial charge in [0.05, 0.1) is 5.69 Å². The predicted molar refractivity (Wildman–Crippen MR) is 100 cm³/mol. The normalized spacial score (nSPS) is 10.3. The second-order valence-corrected chi connectivity index (χ2v) is 7.24. The molecule has 0 amide bonds. The fourth-order valence-electron chi connectivity index (χ4n) is 1.62. The highest BCUT2D eigenvalue weighted by Gasteiger charge is 2.04. The molecule has 2 nitrogen and oxygen atoms in total. The van der Waals surface area contributed by atoms with E-state index in [1.54, 1.807) is 23.9 Å². The number of hydrogen-bond acceptors (Lipinski definition) is 2. The Morgan fingerprint density at radius 3 is 2.64 bits per heavy atom. The van der Waals surface area contributed by atoms with Crippen LogP contribution in [0.15, 0.2) is 51.8 Å². The maximum absolute atomic E-state index is 13.7. The van der Waals surface area contributed by atoms with Crippen molar-refractivity contribution in [2.75, 3.05) is 17.6 Å². The molecule has 0 fully saturated rings. The first-order chi connectivity index (χ1) is 10.5. The number of nitrogens with one attached hydrogen (secondary N) is 2. The van der Waals surface area contributed by atoms with Gasteiger partial charge in [-0.3, -0.25) is 0 Å². The summed E-state index contributed by atoms with van der Waals surface area (Å²) in [5.41, 5.74) is 0.353. The average molecular weight is 420 g/mol. The first-order valence-corrected chi connectivity index (χ1v) is 8.99. The van der Waals surface area contributed by atoms with Crippen LogP contribution in [0.4, 0.5) is 10.1 Å². The van der Waals surface area contributed by atoms with Crippen molar-refractivity contribution < 1.29 is 4.39 Å². The molecular weight excluding hydrogens is 407 g/mol. The zero-order valence-corrected chi connectivity index (χ0v) is 15.4. The highest BCUT2D eigenvalue weighted by atomic mass is 79.9. The number of anilines is 1. The zero-order valence-electron chi connectivity index (χ0n) is 11.4. The lowest BCUT2D eigenvalue weighted by Gasteiger charge is -2.11. The van der Waals surface area contributed by atoms with E-state index in [-0.39, 0.29) is 5.82 Å². The minimum atomic E-state index is -0.353. The van der Waals surface area contributed by atoms with Gasteiger partial charge in [0.25, 0.3) is 0 Å². The fourth-order valence-corrected chi connectivity index (χ4v) is 3.06. The van der Waals surface area contributed by atoms with Crippen molar-refractivity contribution in [2.24, 2.45) is 0 Å². The smallest absolute Gasteiger partial charge is 0.170 e. The van der Waals surface area contributed by atoms with Crippen LogP contribution in [0.2, 0.25) is 5.02 Å². The van der Waals surface area contributed by atoms with Gasteiger partial charge in [0.15, 0.2) is 5.11 Å². The van der Waals surface area contributed by atoms with Crippen LogP contribution < -0.4 is 10.6 Å². The summed E-state index contributed by atoms with van der Waals surface area (Å²) in [6.07, 6.45) is 0. The third-order valence-corrected chi connectivity index (χ3v) is 4.65. The van der Waals surface area contributed by atoms with E-state index < -0.39 is 0 Å². The molecule has 2 N–H and O–H groups in total. The Bertz CT molecular complexity index is 652. The van der Waals surface area contributed by atoms with E-state index in [1.807, 2.05) is 24.3 Å². The largest absolute Gasteiger partial charge is 0.362 e. The molecule has 0 saturated heterocycles. The second-order valence-electron chi connectivity index (χ2n) is 4.31. The summed E-state index contributed by atoms with van der Waals surface area (Å²) in [6.45, 7) is 0.678. The first kappa shape index (κ1) is 17.5. The topological polar surface area (TPSA) is 24.1 Å². The van der Waals surface area contributed by atoms with E-state index in [0.29, 0.717) is 21.8 Å². The summed E-state index contributed by atoms with van der Waals surface area (Å²) in [4.78, 5) is 1.14. The van der Waals surface area contributed by atoms with Crippen LogP contribution in [0.1, 0.15) is 0 Å². The van der Waals surface area contributed by atoms with Crippen molar-refractivity contribution in [3.05, 3.63) is 57.8 Å². The molecular formula is C15H13BrClFN2S2. The van der Waals surface area contributed by atoms with Gasteiger partial charge in [-0.25, -0.2) is 4.39 Å². The molecule has 0 spiro atoms. The van der Waals surface area contributed by atoms with Gasteiger partial charge < -0.3 is 10.6 Å². The number of thioether (sulfide) groups is 1. The van der Waals surface area contributed by atoms with E-state index in [2.05, 4.69) is 26.6 Å². The summed E-state index contributed by atoms with van der Waals surface area (Å²) in [5.74, 6) is 0.487. The molecule has 0 aliphatic carbocycles. The molecule has 2 rings (SSSR count). The Labute approximate surface area is 152 Å². The third kappa shape index (κ3) is 5.76. The van der Waals surface area contributed by atoms with Crippen molar-refractivity contribution in [1.29, 1.82) is 0 Å². The number of benzene rings is 2. The summed E-state index contributed by atoms with van der Waals surface area (Å²) >= 11 is 15.9. The van der Waals surface area contributed by atoms with Crippen molar-refractivity contribution in [1.82, 2.24) is 5.32 Å². The lowest BCUT2D eigenvalue weighted by atomic mass is 10.3. The Balaban J connectivity index is 1.72. The molecule has 0 bridgehead atoms. The summed E-state index contributed by atoms with van der Waals surface area (Å²) in [5, 5.41) is 7.02. The van der Waals surface area contributed by atoms with Gasteiger partial charge in [-0.1, -0.05) is 27.5 Å². The molecule has 22 heavy (non-hydrogen) atoms. The molecule has 0 radical (unpaired) electrons. The maximum atomic E-state index is 13.7. The van der Waals surface area contributed by atoms with Crippen molar-refractivity contribution in [3.63, 3.8) is 0 Å². The van der Waals surface area contributed by atoms with Crippen molar-refractivity contribution in [2.45, 2.75) is 4.90 Å². The minimum absolute atomic E-state index is 0.353. The van der Waals surface area contributed by atoms with Gasteiger partial charge in [-0.15, -0.1) is 11.8 Å². The number of hydrogen-bond donors (Lipinski definition) is 2. The van der Waals surface area contributed by atoms with Gasteiger partial charge in [0.2, 0.25) is 0 Å². The molecule has 7 heteroatoms. The molecule has 2 aromatic carbocycles. The fraction of sp³-hybridized carbons (Fsp3) is 0.133. The number of rotatable bonds is 5. The van der Waals surface area contributed by atoms with Crippen LogP contribution in [0.25, 0.3) is 0 Å². The van der Waals surface area contributed by atoms with Crippen LogP contribution in [-0.4, -0.2) is 17.4 Å².